The van der Waals surface area contributed by atoms with E-state index < -0.39 is 0 Å². The van der Waals surface area contributed by atoms with Crippen LogP contribution in [-0.4, -0.2) is 22.9 Å². The molecule has 106 valence electrons. The molecule has 3 aromatic rings. The molecule has 1 aromatic heterocycles. The number of anilines is 1. The highest BCUT2D eigenvalue weighted by atomic mass is 16.2. The molecule has 0 saturated heterocycles. The Hall–Kier alpha value is -2.62. The Balaban J connectivity index is 1.96. The number of aromatic amines is 1. The van der Waals surface area contributed by atoms with Gasteiger partial charge in [-0.25, -0.2) is 4.98 Å². The van der Waals surface area contributed by atoms with Gasteiger partial charge in [0.15, 0.2) is 0 Å². The third kappa shape index (κ3) is 2.40. The van der Waals surface area contributed by atoms with Gasteiger partial charge in [-0.05, 0) is 43.7 Å². The van der Waals surface area contributed by atoms with Crippen molar-refractivity contribution in [2.24, 2.45) is 0 Å². The van der Waals surface area contributed by atoms with E-state index in [0.29, 0.717) is 5.56 Å². The monoisotopic (exact) mass is 279 g/mol. The molecule has 0 fully saturated rings. The number of H-pyrrole nitrogens is 1. The number of carbonyl (C=O) groups excluding carboxylic acids is 1. The largest absolute Gasteiger partial charge is 0.345 e. The minimum atomic E-state index is -0.0292. The summed E-state index contributed by atoms with van der Waals surface area (Å²) in [4.78, 5) is 21.5. The summed E-state index contributed by atoms with van der Waals surface area (Å²) in [6.45, 7) is 4.06. The number of aryl methyl sites for hydroxylation is 2. The van der Waals surface area contributed by atoms with Crippen LogP contribution in [0.2, 0.25) is 0 Å². The van der Waals surface area contributed by atoms with Crippen molar-refractivity contribution in [2.45, 2.75) is 13.8 Å². The summed E-state index contributed by atoms with van der Waals surface area (Å²) in [5.74, 6) is -0.0292. The van der Waals surface area contributed by atoms with Gasteiger partial charge in [-0.2, -0.15) is 0 Å². The first-order valence-electron chi connectivity index (χ1n) is 6.85. The van der Waals surface area contributed by atoms with Crippen molar-refractivity contribution in [1.29, 1.82) is 0 Å². The molecule has 4 heteroatoms. The maximum Gasteiger partial charge on any atom is 0.258 e. The van der Waals surface area contributed by atoms with E-state index in [1.165, 1.54) is 5.56 Å². The topological polar surface area (TPSA) is 49.0 Å². The van der Waals surface area contributed by atoms with Gasteiger partial charge in [0.1, 0.15) is 0 Å². The lowest BCUT2D eigenvalue weighted by molar-refractivity contribution is 0.0993. The molecule has 0 atom stereocenters. The molecule has 0 radical (unpaired) electrons. The second kappa shape index (κ2) is 5.05. The van der Waals surface area contributed by atoms with E-state index in [0.717, 1.165) is 22.3 Å². The van der Waals surface area contributed by atoms with Crippen molar-refractivity contribution in [1.82, 2.24) is 9.97 Å². The number of rotatable bonds is 2. The number of amides is 1. The Labute approximate surface area is 123 Å². The zero-order chi connectivity index (χ0) is 15.0. The van der Waals surface area contributed by atoms with Gasteiger partial charge in [-0.15, -0.1) is 0 Å². The van der Waals surface area contributed by atoms with Crippen molar-refractivity contribution < 1.29 is 4.79 Å². The zero-order valence-corrected chi connectivity index (χ0v) is 12.3. The van der Waals surface area contributed by atoms with Crippen molar-refractivity contribution in [3.63, 3.8) is 0 Å². The maximum atomic E-state index is 12.6. The van der Waals surface area contributed by atoms with E-state index in [1.54, 1.807) is 18.3 Å². The Kier molecular flexibility index (Phi) is 3.22. The van der Waals surface area contributed by atoms with Gasteiger partial charge in [0.25, 0.3) is 5.91 Å². The highest BCUT2D eigenvalue weighted by Gasteiger charge is 2.15. The van der Waals surface area contributed by atoms with Crippen molar-refractivity contribution in [3.8, 4) is 0 Å². The van der Waals surface area contributed by atoms with Crippen LogP contribution in [0.3, 0.4) is 0 Å². The first-order valence-corrected chi connectivity index (χ1v) is 6.85. The molecule has 1 N–H and O–H groups in total. The quantitative estimate of drug-likeness (QED) is 0.781. The molecule has 1 heterocycles. The molecular formula is C17H17N3O. The van der Waals surface area contributed by atoms with E-state index in [2.05, 4.69) is 16.0 Å². The van der Waals surface area contributed by atoms with Gasteiger partial charge in [0.2, 0.25) is 0 Å². The number of imidazole rings is 1. The molecule has 0 unspecified atom stereocenters. The second-order valence-electron chi connectivity index (χ2n) is 5.29. The van der Waals surface area contributed by atoms with Crippen LogP contribution >= 0.6 is 0 Å². The maximum absolute atomic E-state index is 12.6. The van der Waals surface area contributed by atoms with Crippen LogP contribution in [0.5, 0.6) is 0 Å². The van der Waals surface area contributed by atoms with Crippen molar-refractivity contribution in [2.75, 3.05) is 11.9 Å². The van der Waals surface area contributed by atoms with Crippen LogP contribution in [0, 0.1) is 13.8 Å². The normalized spacial score (nSPS) is 10.8. The number of aromatic nitrogens is 2. The Morgan fingerprint density at radius 1 is 1.14 bits per heavy atom. The molecule has 0 aliphatic rings. The predicted octanol–water partition coefficient (Wildman–Crippen LogP) is 3.46. The standard InChI is InChI=1S/C17H17N3O/c1-11-4-7-16(12(2)8-11)20(3)17(21)13-5-6-14-15(9-13)19-10-18-14/h4-10H,1-3H3,(H,18,19). The number of nitrogens with zero attached hydrogens (tertiary/aromatic N) is 2. The average molecular weight is 279 g/mol. The number of carbonyl (C=O) groups is 1. The van der Waals surface area contributed by atoms with Gasteiger partial charge in [-0.1, -0.05) is 17.7 Å². The SMILES string of the molecule is Cc1ccc(N(C)C(=O)c2ccc3nc[nH]c3c2)c(C)c1. The molecule has 1 amide bonds. The van der Waals surface area contributed by atoms with Crippen LogP contribution in [0.15, 0.2) is 42.7 Å². The Morgan fingerprint density at radius 2 is 1.95 bits per heavy atom. The van der Waals surface area contributed by atoms with Gasteiger partial charge in [-0.3, -0.25) is 4.79 Å². The predicted molar refractivity (Wildman–Crippen MR) is 84.7 cm³/mol. The third-order valence-corrected chi connectivity index (χ3v) is 3.69. The lowest BCUT2D eigenvalue weighted by atomic mass is 10.1. The number of hydrogen-bond acceptors (Lipinski definition) is 2. The second-order valence-corrected chi connectivity index (χ2v) is 5.29. The van der Waals surface area contributed by atoms with E-state index in [-0.39, 0.29) is 5.91 Å². The first-order chi connectivity index (χ1) is 10.1. The van der Waals surface area contributed by atoms with E-state index in [9.17, 15) is 4.79 Å². The van der Waals surface area contributed by atoms with Crippen molar-refractivity contribution >= 4 is 22.6 Å². The lowest BCUT2D eigenvalue weighted by Crippen LogP contribution is -2.26. The van der Waals surface area contributed by atoms with E-state index in [4.69, 9.17) is 0 Å². The minimum Gasteiger partial charge on any atom is -0.345 e. The van der Waals surface area contributed by atoms with Gasteiger partial charge in [0, 0.05) is 18.3 Å². The highest BCUT2D eigenvalue weighted by Crippen LogP contribution is 2.22. The summed E-state index contributed by atoms with van der Waals surface area (Å²) in [5.41, 5.74) is 5.59. The summed E-state index contributed by atoms with van der Waals surface area (Å²) in [5, 5.41) is 0. The van der Waals surface area contributed by atoms with Crippen LogP contribution in [-0.2, 0) is 0 Å². The molecule has 0 spiro atoms. The highest BCUT2D eigenvalue weighted by molar-refractivity contribution is 6.07. The minimum absolute atomic E-state index is 0.0292. The fourth-order valence-corrected chi connectivity index (χ4v) is 2.55. The smallest absolute Gasteiger partial charge is 0.258 e. The molecule has 0 saturated carbocycles. The Morgan fingerprint density at radius 3 is 2.71 bits per heavy atom. The summed E-state index contributed by atoms with van der Waals surface area (Å²) < 4.78 is 0. The fourth-order valence-electron chi connectivity index (χ4n) is 2.55. The molecular weight excluding hydrogens is 262 g/mol. The van der Waals surface area contributed by atoms with Crippen LogP contribution in [0.25, 0.3) is 11.0 Å². The lowest BCUT2D eigenvalue weighted by Gasteiger charge is -2.20. The van der Waals surface area contributed by atoms with Crippen LogP contribution in [0.1, 0.15) is 21.5 Å². The molecule has 21 heavy (non-hydrogen) atoms. The fraction of sp³-hybridized carbons (Fsp3) is 0.176. The van der Waals surface area contributed by atoms with Gasteiger partial charge < -0.3 is 9.88 Å². The molecule has 0 bridgehead atoms. The van der Waals surface area contributed by atoms with Gasteiger partial charge in [0.05, 0.1) is 17.4 Å². The number of hydrogen-bond donors (Lipinski definition) is 1. The summed E-state index contributed by atoms with van der Waals surface area (Å²) in [7, 11) is 1.80. The zero-order valence-electron chi connectivity index (χ0n) is 12.3. The van der Waals surface area contributed by atoms with Crippen LogP contribution in [0.4, 0.5) is 5.69 Å². The summed E-state index contributed by atoms with van der Waals surface area (Å²) in [6, 6.07) is 11.6. The summed E-state index contributed by atoms with van der Waals surface area (Å²) in [6.07, 6.45) is 1.63. The number of benzene rings is 2. The van der Waals surface area contributed by atoms with Crippen molar-refractivity contribution in [3.05, 3.63) is 59.4 Å². The molecule has 2 aromatic carbocycles. The molecule has 0 aliphatic carbocycles. The molecule has 4 nitrogen and oxygen atoms in total. The summed E-state index contributed by atoms with van der Waals surface area (Å²) >= 11 is 0. The van der Waals surface area contributed by atoms with E-state index >= 15 is 0 Å². The van der Waals surface area contributed by atoms with E-state index in [1.807, 2.05) is 44.2 Å². The molecule has 0 aliphatic heterocycles. The number of nitrogens with one attached hydrogen (secondary N) is 1. The average Bonchev–Trinajstić information content (AvgIpc) is 2.93. The van der Waals surface area contributed by atoms with Gasteiger partial charge >= 0.3 is 0 Å². The van der Waals surface area contributed by atoms with Crippen LogP contribution < -0.4 is 4.90 Å². The third-order valence-electron chi connectivity index (χ3n) is 3.69. The first kappa shape index (κ1) is 13.4. The number of fused-ring (bicyclic) bond motifs is 1. The molecule has 3 rings (SSSR count). The Bertz CT molecular complexity index is 820.